The number of rotatable bonds is 0. The highest BCUT2D eigenvalue weighted by atomic mass is 19.1. The summed E-state index contributed by atoms with van der Waals surface area (Å²) in [6.45, 7) is 0.953. The second kappa shape index (κ2) is 4.06. The van der Waals surface area contributed by atoms with Crippen LogP contribution in [-0.2, 0) is 12.8 Å². The summed E-state index contributed by atoms with van der Waals surface area (Å²) in [5, 5.41) is 10.2. The van der Waals surface area contributed by atoms with Gasteiger partial charge < -0.3 is 5.11 Å². The number of hydrogen-bond donors (Lipinski definition) is 1. The van der Waals surface area contributed by atoms with Gasteiger partial charge in [0.15, 0.2) is 0 Å². The van der Waals surface area contributed by atoms with Gasteiger partial charge in [0.2, 0.25) is 0 Å². The molecule has 1 aliphatic heterocycles. The highest BCUT2D eigenvalue weighted by Gasteiger charge is 2.34. The molecule has 0 unspecified atom stereocenters. The molecule has 0 aromatic heterocycles. The van der Waals surface area contributed by atoms with E-state index in [0.717, 1.165) is 41.6 Å². The van der Waals surface area contributed by atoms with E-state index in [4.69, 9.17) is 0 Å². The van der Waals surface area contributed by atoms with Crippen molar-refractivity contribution < 1.29 is 9.50 Å². The maximum Gasteiger partial charge on any atom is 0.124 e. The first-order chi connectivity index (χ1) is 9.65. The Morgan fingerprint density at radius 1 is 1.25 bits per heavy atom. The monoisotopic (exact) mass is 269 g/mol. The number of phenols is 1. The van der Waals surface area contributed by atoms with Crippen molar-refractivity contribution in [2.24, 2.45) is 0 Å². The Balaban J connectivity index is 2.07. The molecular weight excluding hydrogens is 253 g/mol. The standard InChI is InChI=1S/C17H16FNO/c1-19-6-5-11-7-12(18)9-13-16(11)14(19)8-10-3-2-4-15(20)17(10)13/h2-4,7,9,14,20H,5-6,8H2,1H3/t14-/m1/s1. The van der Waals surface area contributed by atoms with Gasteiger partial charge in [-0.3, -0.25) is 4.90 Å². The van der Waals surface area contributed by atoms with E-state index in [1.807, 2.05) is 12.1 Å². The average Bonchev–Trinajstić information content (AvgIpc) is 2.42. The summed E-state index contributed by atoms with van der Waals surface area (Å²) in [5.41, 5.74) is 5.09. The van der Waals surface area contributed by atoms with Crippen molar-refractivity contribution in [3.8, 4) is 16.9 Å². The predicted octanol–water partition coefficient (Wildman–Crippen LogP) is 3.28. The number of hydrogen-bond acceptors (Lipinski definition) is 2. The summed E-state index contributed by atoms with van der Waals surface area (Å²) < 4.78 is 13.9. The van der Waals surface area contributed by atoms with Crippen LogP contribution in [0.5, 0.6) is 5.75 Å². The van der Waals surface area contributed by atoms with E-state index < -0.39 is 0 Å². The lowest BCUT2D eigenvalue weighted by molar-refractivity contribution is 0.227. The molecule has 2 aliphatic rings. The Bertz CT molecular complexity index is 710. The molecule has 0 amide bonds. The number of nitrogens with zero attached hydrogens (tertiary/aromatic N) is 1. The van der Waals surface area contributed by atoms with Crippen LogP contribution in [0.25, 0.3) is 11.1 Å². The van der Waals surface area contributed by atoms with Crippen molar-refractivity contribution in [2.45, 2.75) is 18.9 Å². The molecule has 2 aromatic rings. The molecule has 1 aliphatic carbocycles. The lowest BCUT2D eigenvalue weighted by Gasteiger charge is -2.39. The largest absolute Gasteiger partial charge is 0.507 e. The van der Waals surface area contributed by atoms with Crippen LogP contribution in [0, 0.1) is 5.82 Å². The van der Waals surface area contributed by atoms with Gasteiger partial charge in [0.1, 0.15) is 11.6 Å². The molecule has 3 heteroatoms. The van der Waals surface area contributed by atoms with Gasteiger partial charge in [-0.15, -0.1) is 0 Å². The fourth-order valence-electron chi connectivity index (χ4n) is 3.69. The molecule has 4 rings (SSSR count). The fraction of sp³-hybridized carbons (Fsp3) is 0.294. The van der Waals surface area contributed by atoms with Gasteiger partial charge in [0, 0.05) is 18.2 Å². The molecule has 1 atom stereocenters. The summed E-state index contributed by atoms with van der Waals surface area (Å²) in [7, 11) is 2.12. The lowest BCUT2D eigenvalue weighted by atomic mass is 9.77. The van der Waals surface area contributed by atoms with Crippen LogP contribution in [-0.4, -0.2) is 23.6 Å². The molecule has 0 bridgehead atoms. The minimum Gasteiger partial charge on any atom is -0.507 e. The van der Waals surface area contributed by atoms with E-state index in [9.17, 15) is 9.50 Å². The smallest absolute Gasteiger partial charge is 0.124 e. The van der Waals surface area contributed by atoms with Crippen LogP contribution in [0.15, 0.2) is 30.3 Å². The van der Waals surface area contributed by atoms with Gasteiger partial charge in [-0.25, -0.2) is 4.39 Å². The zero-order valence-electron chi connectivity index (χ0n) is 11.4. The molecule has 0 saturated heterocycles. The fourth-order valence-corrected chi connectivity index (χ4v) is 3.69. The van der Waals surface area contributed by atoms with E-state index in [-0.39, 0.29) is 11.6 Å². The number of phenolic OH excluding ortho intramolecular Hbond substituents is 1. The molecule has 1 N–H and O–H groups in total. The number of benzene rings is 2. The minimum atomic E-state index is -0.210. The first-order valence-corrected chi connectivity index (χ1v) is 6.99. The Kier molecular flexibility index (Phi) is 2.42. The van der Waals surface area contributed by atoms with Gasteiger partial charge in [-0.05, 0) is 60.3 Å². The molecule has 0 saturated carbocycles. The zero-order valence-corrected chi connectivity index (χ0v) is 11.4. The maximum absolute atomic E-state index is 13.9. The van der Waals surface area contributed by atoms with E-state index >= 15 is 0 Å². The Morgan fingerprint density at radius 2 is 2.10 bits per heavy atom. The second-order valence-electron chi connectivity index (χ2n) is 5.79. The summed E-state index contributed by atoms with van der Waals surface area (Å²) in [5.74, 6) is 0.0418. The topological polar surface area (TPSA) is 23.5 Å². The van der Waals surface area contributed by atoms with E-state index in [1.165, 1.54) is 5.56 Å². The van der Waals surface area contributed by atoms with Crippen molar-refractivity contribution in [1.82, 2.24) is 4.90 Å². The van der Waals surface area contributed by atoms with Gasteiger partial charge in [-0.1, -0.05) is 12.1 Å². The molecule has 102 valence electrons. The maximum atomic E-state index is 13.9. The van der Waals surface area contributed by atoms with Crippen LogP contribution in [0.4, 0.5) is 4.39 Å². The van der Waals surface area contributed by atoms with E-state index in [1.54, 1.807) is 18.2 Å². The number of fused-ring (bicyclic) bond motifs is 2. The number of likely N-dealkylation sites (N-methyl/N-ethyl adjacent to an activating group) is 1. The summed E-state index contributed by atoms with van der Waals surface area (Å²) in [6, 6.07) is 9.10. The third-order valence-electron chi connectivity index (χ3n) is 4.64. The third kappa shape index (κ3) is 1.53. The lowest BCUT2D eigenvalue weighted by Crippen LogP contribution is -2.35. The highest BCUT2D eigenvalue weighted by molar-refractivity contribution is 5.80. The first kappa shape index (κ1) is 11.9. The molecule has 0 radical (unpaired) electrons. The van der Waals surface area contributed by atoms with Crippen molar-refractivity contribution >= 4 is 0 Å². The summed E-state index contributed by atoms with van der Waals surface area (Å²) in [4.78, 5) is 2.33. The van der Waals surface area contributed by atoms with Crippen molar-refractivity contribution in [2.75, 3.05) is 13.6 Å². The van der Waals surface area contributed by atoms with E-state index in [0.29, 0.717) is 6.04 Å². The SMILES string of the molecule is CN1CCc2cc(F)cc3c2[C@H]1Cc1cccc(O)c1-3. The molecule has 0 fully saturated rings. The van der Waals surface area contributed by atoms with Crippen molar-refractivity contribution in [1.29, 1.82) is 0 Å². The highest BCUT2D eigenvalue weighted by Crippen LogP contribution is 2.47. The first-order valence-electron chi connectivity index (χ1n) is 6.99. The van der Waals surface area contributed by atoms with Crippen LogP contribution in [0.2, 0.25) is 0 Å². The Hall–Kier alpha value is -1.87. The van der Waals surface area contributed by atoms with Gasteiger partial charge in [0.05, 0.1) is 0 Å². The molecule has 2 aromatic carbocycles. The number of halogens is 1. The molecule has 20 heavy (non-hydrogen) atoms. The normalized spacial score (nSPS) is 20.4. The zero-order chi connectivity index (χ0) is 13.9. The van der Waals surface area contributed by atoms with Crippen molar-refractivity contribution in [3.05, 3.63) is 52.8 Å². The number of aromatic hydroxyl groups is 1. The summed E-state index contributed by atoms with van der Waals surface area (Å²) in [6.07, 6.45) is 1.75. The molecule has 0 spiro atoms. The van der Waals surface area contributed by atoms with Crippen LogP contribution in [0.1, 0.15) is 22.7 Å². The molecule has 1 heterocycles. The Morgan fingerprint density at radius 3 is 2.95 bits per heavy atom. The second-order valence-corrected chi connectivity index (χ2v) is 5.79. The minimum absolute atomic E-state index is 0.210. The van der Waals surface area contributed by atoms with Gasteiger partial charge in [0.25, 0.3) is 0 Å². The third-order valence-corrected chi connectivity index (χ3v) is 4.64. The molecular formula is C17H16FNO. The van der Waals surface area contributed by atoms with Crippen molar-refractivity contribution in [3.63, 3.8) is 0 Å². The van der Waals surface area contributed by atoms with Crippen LogP contribution < -0.4 is 0 Å². The Labute approximate surface area is 117 Å². The van der Waals surface area contributed by atoms with Gasteiger partial charge >= 0.3 is 0 Å². The summed E-state index contributed by atoms with van der Waals surface area (Å²) >= 11 is 0. The quantitative estimate of drug-likeness (QED) is 0.793. The predicted molar refractivity (Wildman–Crippen MR) is 76.3 cm³/mol. The van der Waals surface area contributed by atoms with Gasteiger partial charge in [-0.2, -0.15) is 0 Å². The average molecular weight is 269 g/mol. The van der Waals surface area contributed by atoms with Crippen LogP contribution in [0.3, 0.4) is 0 Å². The van der Waals surface area contributed by atoms with E-state index in [2.05, 4.69) is 11.9 Å². The molecule has 2 nitrogen and oxygen atoms in total. The van der Waals surface area contributed by atoms with Crippen LogP contribution >= 0.6 is 0 Å².